The number of likely N-dealkylation sites (tertiary alicyclic amines) is 2. The third-order valence-electron chi connectivity index (χ3n) is 3.55. The quantitative estimate of drug-likeness (QED) is 0.701. The van der Waals surface area contributed by atoms with Crippen LogP contribution in [0.5, 0.6) is 0 Å². The lowest BCUT2D eigenvalue weighted by Gasteiger charge is -2.30. The lowest BCUT2D eigenvalue weighted by atomic mass is 10.2. The summed E-state index contributed by atoms with van der Waals surface area (Å²) in [4.78, 5) is 14.9. The summed E-state index contributed by atoms with van der Waals surface area (Å²) in [5.74, 6) is 0. The van der Waals surface area contributed by atoms with Crippen LogP contribution in [0.2, 0.25) is 0 Å². The number of carbonyl (C=O) groups is 1. The molecule has 0 aromatic heterocycles. The number of rotatable bonds is 2. The normalized spacial score (nSPS) is 21.4. The zero-order chi connectivity index (χ0) is 19.1. The molecule has 2 aliphatic heterocycles. The Bertz CT molecular complexity index is 252. The largest absolute Gasteiger partial charge is 0.379 e. The summed E-state index contributed by atoms with van der Waals surface area (Å²) in [7, 11) is 1.71. The number of nitrogens with zero attached hydrogens (tertiary/aromatic N) is 2. The molecule has 0 N–H and O–H groups in total. The van der Waals surface area contributed by atoms with Crippen molar-refractivity contribution in [2.45, 2.75) is 93.3 Å². The second kappa shape index (κ2) is 16.3. The smallest absolute Gasteiger partial charge is 0.210 e. The van der Waals surface area contributed by atoms with Crippen LogP contribution in [0, 0.1) is 0 Å². The van der Waals surface area contributed by atoms with Gasteiger partial charge in [-0.1, -0.05) is 48.5 Å². The van der Waals surface area contributed by atoms with Gasteiger partial charge in [0.25, 0.3) is 0 Å². The molecule has 0 spiro atoms. The van der Waals surface area contributed by atoms with Crippen LogP contribution in [-0.2, 0) is 9.53 Å². The standard InChI is InChI=1S/C8H14N2O.C5H12O.3C2H6/c1-2-9-4-8-3-7(9)5-10(8)6-11;1-5(2,3)6-4;3*1-2/h6-8H,2-5H2,1H3;1-4H3;3*1-2H3. The Labute approximate surface area is 146 Å². The van der Waals surface area contributed by atoms with Gasteiger partial charge in [0, 0.05) is 32.3 Å². The van der Waals surface area contributed by atoms with Gasteiger partial charge in [-0.05, 0) is 33.7 Å². The molecule has 142 valence electrons. The highest BCUT2D eigenvalue weighted by atomic mass is 16.5. The highest BCUT2D eigenvalue weighted by Gasteiger charge is 2.41. The van der Waals surface area contributed by atoms with Crippen LogP contribution < -0.4 is 0 Å². The minimum Gasteiger partial charge on any atom is -0.379 e. The summed E-state index contributed by atoms with van der Waals surface area (Å²) in [6, 6.07) is 1.19. The summed E-state index contributed by atoms with van der Waals surface area (Å²) in [6.07, 6.45) is 2.20. The van der Waals surface area contributed by atoms with Crippen molar-refractivity contribution >= 4 is 6.41 Å². The molecule has 1 amide bonds. The molecule has 4 nitrogen and oxygen atoms in total. The van der Waals surface area contributed by atoms with Gasteiger partial charge in [0.05, 0.1) is 5.60 Å². The molecule has 2 bridgehead atoms. The fraction of sp³-hybridized carbons (Fsp3) is 0.947. The summed E-state index contributed by atoms with van der Waals surface area (Å²) in [5, 5.41) is 0. The van der Waals surface area contributed by atoms with Gasteiger partial charge in [0.2, 0.25) is 6.41 Å². The first-order valence-corrected chi connectivity index (χ1v) is 9.41. The highest BCUT2D eigenvalue weighted by Crippen LogP contribution is 2.28. The number of amides is 1. The van der Waals surface area contributed by atoms with Crippen LogP contribution in [0.25, 0.3) is 0 Å². The summed E-state index contributed by atoms with van der Waals surface area (Å²) < 4.78 is 4.94. The molecule has 2 aliphatic rings. The maximum atomic E-state index is 10.5. The number of methoxy groups -OCH3 is 1. The third kappa shape index (κ3) is 11.5. The molecule has 2 unspecified atom stereocenters. The fourth-order valence-corrected chi connectivity index (χ4v) is 2.30. The van der Waals surface area contributed by atoms with E-state index >= 15 is 0 Å². The molecule has 2 heterocycles. The maximum absolute atomic E-state index is 10.5. The van der Waals surface area contributed by atoms with Crippen molar-refractivity contribution in [1.29, 1.82) is 0 Å². The van der Waals surface area contributed by atoms with E-state index in [9.17, 15) is 4.79 Å². The molecule has 0 aromatic carbocycles. The van der Waals surface area contributed by atoms with Gasteiger partial charge in [0.15, 0.2) is 0 Å². The molecule has 2 rings (SSSR count). The molecule has 2 fully saturated rings. The molecule has 0 aliphatic carbocycles. The van der Waals surface area contributed by atoms with E-state index in [-0.39, 0.29) is 5.60 Å². The van der Waals surface area contributed by atoms with Crippen LogP contribution in [0.3, 0.4) is 0 Å². The molecule has 23 heavy (non-hydrogen) atoms. The number of ether oxygens (including phenoxy) is 1. The molecular formula is C19H44N2O2. The average molecular weight is 333 g/mol. The summed E-state index contributed by atoms with van der Waals surface area (Å²) in [5.41, 5.74) is 0.0417. The summed E-state index contributed by atoms with van der Waals surface area (Å²) >= 11 is 0. The van der Waals surface area contributed by atoms with Crippen molar-refractivity contribution in [1.82, 2.24) is 9.80 Å². The van der Waals surface area contributed by atoms with Crippen molar-refractivity contribution in [3.05, 3.63) is 0 Å². The molecular weight excluding hydrogens is 288 g/mol. The van der Waals surface area contributed by atoms with Gasteiger partial charge in [-0.15, -0.1) is 0 Å². The Balaban J connectivity index is -0.000000287. The molecule has 0 radical (unpaired) electrons. The average Bonchev–Trinajstić information content (AvgIpc) is 3.20. The maximum Gasteiger partial charge on any atom is 0.210 e. The second-order valence-corrected chi connectivity index (χ2v) is 5.75. The van der Waals surface area contributed by atoms with E-state index < -0.39 is 0 Å². The van der Waals surface area contributed by atoms with Crippen molar-refractivity contribution in [3.63, 3.8) is 0 Å². The van der Waals surface area contributed by atoms with E-state index in [1.807, 2.05) is 67.2 Å². The Morgan fingerprint density at radius 1 is 1.00 bits per heavy atom. The molecule has 0 aromatic rings. The SMILES string of the molecule is CC.CC.CC.CCN1CC2CC1CN2C=O.COC(C)(C)C. The Morgan fingerprint density at radius 2 is 1.43 bits per heavy atom. The van der Waals surface area contributed by atoms with E-state index in [2.05, 4.69) is 11.8 Å². The van der Waals surface area contributed by atoms with Crippen molar-refractivity contribution < 1.29 is 9.53 Å². The van der Waals surface area contributed by atoms with Gasteiger partial charge < -0.3 is 9.64 Å². The number of hydrogen-bond donors (Lipinski definition) is 0. The fourth-order valence-electron chi connectivity index (χ4n) is 2.30. The van der Waals surface area contributed by atoms with E-state index in [1.165, 1.54) is 6.42 Å². The predicted octanol–water partition coefficient (Wildman–Crippen LogP) is 4.43. The number of piperazine rings is 1. The Hall–Kier alpha value is -0.610. The minimum absolute atomic E-state index is 0.0417. The number of hydrogen-bond acceptors (Lipinski definition) is 3. The number of fused-ring (bicyclic) bond motifs is 2. The van der Waals surface area contributed by atoms with Crippen molar-refractivity contribution in [2.24, 2.45) is 0 Å². The topological polar surface area (TPSA) is 32.8 Å². The highest BCUT2D eigenvalue weighted by molar-refractivity contribution is 5.49. The van der Waals surface area contributed by atoms with Gasteiger partial charge in [0.1, 0.15) is 0 Å². The van der Waals surface area contributed by atoms with Crippen LogP contribution in [0.4, 0.5) is 0 Å². The third-order valence-corrected chi connectivity index (χ3v) is 3.55. The van der Waals surface area contributed by atoms with E-state index in [0.29, 0.717) is 12.1 Å². The first kappa shape index (κ1) is 27.2. The molecule has 4 heteroatoms. The minimum atomic E-state index is 0.0417. The predicted molar refractivity (Wildman–Crippen MR) is 103 cm³/mol. The van der Waals surface area contributed by atoms with Crippen LogP contribution >= 0.6 is 0 Å². The zero-order valence-electron chi connectivity index (χ0n) is 17.8. The number of likely N-dealkylation sites (N-methyl/N-ethyl adjacent to an activating group) is 1. The first-order chi connectivity index (χ1) is 10.9. The second-order valence-electron chi connectivity index (χ2n) is 5.75. The first-order valence-electron chi connectivity index (χ1n) is 9.41. The van der Waals surface area contributed by atoms with E-state index in [4.69, 9.17) is 4.74 Å². The Kier molecular flexibility index (Phi) is 19.3. The van der Waals surface area contributed by atoms with Crippen LogP contribution in [0.15, 0.2) is 0 Å². The van der Waals surface area contributed by atoms with Gasteiger partial charge in [-0.25, -0.2) is 0 Å². The van der Waals surface area contributed by atoms with E-state index in [0.717, 1.165) is 26.0 Å². The van der Waals surface area contributed by atoms with Gasteiger partial charge in [-0.3, -0.25) is 9.69 Å². The monoisotopic (exact) mass is 332 g/mol. The zero-order valence-corrected chi connectivity index (χ0v) is 17.8. The van der Waals surface area contributed by atoms with Gasteiger partial charge in [-0.2, -0.15) is 0 Å². The van der Waals surface area contributed by atoms with Gasteiger partial charge >= 0.3 is 0 Å². The number of carbonyl (C=O) groups excluding carboxylic acids is 1. The lowest BCUT2D eigenvalue weighted by molar-refractivity contribution is -0.120. The van der Waals surface area contributed by atoms with Crippen LogP contribution in [-0.4, -0.2) is 60.6 Å². The van der Waals surface area contributed by atoms with Crippen molar-refractivity contribution in [2.75, 3.05) is 26.7 Å². The lowest BCUT2D eigenvalue weighted by Crippen LogP contribution is -2.45. The molecule has 2 atom stereocenters. The molecule has 2 saturated heterocycles. The van der Waals surface area contributed by atoms with E-state index in [1.54, 1.807) is 7.11 Å². The van der Waals surface area contributed by atoms with Crippen LogP contribution in [0.1, 0.15) is 75.7 Å². The summed E-state index contributed by atoms with van der Waals surface area (Å²) in [6.45, 7) is 23.4. The Morgan fingerprint density at radius 3 is 1.65 bits per heavy atom. The molecule has 0 saturated carbocycles. The van der Waals surface area contributed by atoms with Crippen molar-refractivity contribution in [3.8, 4) is 0 Å².